The first kappa shape index (κ1) is 19.1. The van der Waals surface area contributed by atoms with Crippen LogP contribution < -0.4 is 10.6 Å². The lowest BCUT2D eigenvalue weighted by atomic mass is 10.0. The van der Waals surface area contributed by atoms with Crippen molar-refractivity contribution < 1.29 is 22.4 Å². The molecule has 2 aromatic heterocycles. The first-order chi connectivity index (χ1) is 13.7. The van der Waals surface area contributed by atoms with Crippen LogP contribution in [0.25, 0.3) is 0 Å². The highest BCUT2D eigenvalue weighted by atomic mass is 19.4. The lowest BCUT2D eigenvalue weighted by Crippen LogP contribution is -2.35. The molecule has 1 aliphatic rings. The topological polar surface area (TPSA) is 72.1 Å². The largest absolute Gasteiger partial charge is 0.467 e. The van der Waals surface area contributed by atoms with E-state index in [0.717, 1.165) is 15.8 Å². The maximum absolute atomic E-state index is 13.7. The van der Waals surface area contributed by atoms with Gasteiger partial charge in [0.15, 0.2) is 11.7 Å². The molecule has 1 aromatic carbocycles. The zero-order valence-corrected chi connectivity index (χ0v) is 15.7. The van der Waals surface area contributed by atoms with Gasteiger partial charge in [-0.3, -0.25) is 4.79 Å². The van der Waals surface area contributed by atoms with E-state index in [0.29, 0.717) is 11.4 Å². The van der Waals surface area contributed by atoms with Crippen molar-refractivity contribution in [2.75, 3.05) is 10.6 Å². The van der Waals surface area contributed by atoms with Crippen molar-refractivity contribution in [3.63, 3.8) is 0 Å². The van der Waals surface area contributed by atoms with Crippen LogP contribution in [0.4, 0.5) is 24.7 Å². The number of fused-ring (bicyclic) bond motifs is 1. The van der Waals surface area contributed by atoms with Gasteiger partial charge in [0.25, 0.3) is 5.91 Å². The summed E-state index contributed by atoms with van der Waals surface area (Å²) >= 11 is 0. The molecule has 0 radical (unpaired) electrons. The number of alkyl halides is 3. The summed E-state index contributed by atoms with van der Waals surface area (Å²) in [4.78, 5) is 12.6. The van der Waals surface area contributed by atoms with Crippen molar-refractivity contribution in [3.05, 3.63) is 65.2 Å². The average molecular weight is 404 g/mol. The molecule has 0 spiro atoms. The second-order valence-electron chi connectivity index (χ2n) is 7.12. The molecule has 0 saturated heterocycles. The van der Waals surface area contributed by atoms with Crippen molar-refractivity contribution in [3.8, 4) is 0 Å². The van der Waals surface area contributed by atoms with Gasteiger partial charge in [-0.15, -0.1) is 0 Å². The van der Waals surface area contributed by atoms with Gasteiger partial charge in [0.2, 0.25) is 0 Å². The van der Waals surface area contributed by atoms with E-state index in [9.17, 15) is 18.0 Å². The molecule has 4 rings (SSSR count). The number of hydrogen-bond donors (Lipinski definition) is 2. The number of halogens is 3. The van der Waals surface area contributed by atoms with Crippen LogP contribution in [0.15, 0.2) is 47.1 Å². The number of carbonyl (C=O) groups excluding carboxylic acids is 1. The number of aromatic nitrogens is 2. The normalized spacial score (nSPS) is 18.8. The fraction of sp³-hybridized carbons (Fsp3) is 0.300. The Bertz CT molecular complexity index is 1040. The van der Waals surface area contributed by atoms with Crippen molar-refractivity contribution in [1.82, 2.24) is 9.78 Å². The second kappa shape index (κ2) is 6.98. The van der Waals surface area contributed by atoms with E-state index >= 15 is 0 Å². The molecule has 0 unspecified atom stereocenters. The number of anilines is 2. The monoisotopic (exact) mass is 404 g/mol. The standard InChI is InChI=1S/C20H19F3N4O2/c1-11-5-6-13(8-12(11)2)24-19(28)15-10-18-25-14(16-4-3-7-29-16)9-17(20(21,22)23)27(18)26-15/h3-8,10,14,17,25H,9H2,1-2H3,(H,24,28)/t14-,17+/m0/s1. The van der Waals surface area contributed by atoms with Gasteiger partial charge in [-0.05, 0) is 49.2 Å². The minimum atomic E-state index is -4.52. The molecule has 6 nitrogen and oxygen atoms in total. The highest BCUT2D eigenvalue weighted by Crippen LogP contribution is 2.43. The average Bonchev–Trinajstić information content (AvgIpc) is 3.32. The number of nitrogens with zero attached hydrogens (tertiary/aromatic N) is 2. The number of aryl methyl sites for hydroxylation is 2. The smallest absolute Gasteiger partial charge is 0.410 e. The Hall–Kier alpha value is -3.23. The Kier molecular flexibility index (Phi) is 4.60. The minimum Gasteiger partial charge on any atom is -0.467 e. The van der Waals surface area contributed by atoms with Crippen LogP contribution in [0.3, 0.4) is 0 Å². The van der Waals surface area contributed by atoms with Gasteiger partial charge < -0.3 is 15.1 Å². The fourth-order valence-corrected chi connectivity index (χ4v) is 3.37. The van der Waals surface area contributed by atoms with Crippen molar-refractivity contribution >= 4 is 17.4 Å². The third-order valence-electron chi connectivity index (χ3n) is 5.07. The molecule has 1 aliphatic heterocycles. The Morgan fingerprint density at radius 3 is 2.69 bits per heavy atom. The molecule has 2 atom stereocenters. The van der Waals surface area contributed by atoms with Crippen LogP contribution in [0.1, 0.15) is 45.9 Å². The molecule has 1 amide bonds. The number of rotatable bonds is 3. The molecule has 3 aromatic rings. The lowest BCUT2D eigenvalue weighted by Gasteiger charge is -2.32. The van der Waals surface area contributed by atoms with E-state index in [1.165, 1.54) is 12.3 Å². The van der Waals surface area contributed by atoms with Crippen LogP contribution >= 0.6 is 0 Å². The first-order valence-electron chi connectivity index (χ1n) is 9.07. The Labute approximate surface area is 164 Å². The summed E-state index contributed by atoms with van der Waals surface area (Å²) in [6, 6.07) is 7.42. The van der Waals surface area contributed by atoms with Crippen LogP contribution in [0, 0.1) is 13.8 Å². The van der Waals surface area contributed by atoms with Gasteiger partial charge in [-0.2, -0.15) is 18.3 Å². The second-order valence-corrected chi connectivity index (χ2v) is 7.12. The number of benzene rings is 1. The van der Waals surface area contributed by atoms with E-state index in [1.54, 1.807) is 24.3 Å². The quantitative estimate of drug-likeness (QED) is 0.644. The molecule has 9 heteroatoms. The molecule has 29 heavy (non-hydrogen) atoms. The molecular formula is C20H19F3N4O2. The summed E-state index contributed by atoms with van der Waals surface area (Å²) in [7, 11) is 0. The predicted molar refractivity (Wildman–Crippen MR) is 101 cm³/mol. The Morgan fingerprint density at radius 1 is 1.24 bits per heavy atom. The summed E-state index contributed by atoms with van der Waals surface area (Å²) in [5.41, 5.74) is 2.52. The zero-order chi connectivity index (χ0) is 20.8. The highest BCUT2D eigenvalue weighted by Gasteiger charge is 2.47. The SMILES string of the molecule is Cc1ccc(NC(=O)c2cc3n(n2)[C@@H](C(F)(F)F)C[C@@H](c2ccco2)N3)cc1C. The molecule has 0 bridgehead atoms. The summed E-state index contributed by atoms with van der Waals surface area (Å²) in [6.45, 7) is 3.86. The fourth-order valence-electron chi connectivity index (χ4n) is 3.37. The summed E-state index contributed by atoms with van der Waals surface area (Å²) in [5, 5.41) is 9.61. The lowest BCUT2D eigenvalue weighted by molar-refractivity contribution is -0.174. The summed E-state index contributed by atoms with van der Waals surface area (Å²) in [6.07, 6.45) is -3.40. The number of nitrogens with one attached hydrogen (secondary N) is 2. The molecular weight excluding hydrogens is 385 g/mol. The molecule has 0 saturated carbocycles. The first-order valence-corrected chi connectivity index (χ1v) is 9.07. The van der Waals surface area contributed by atoms with Gasteiger partial charge in [0.1, 0.15) is 11.6 Å². The number of amides is 1. The maximum Gasteiger partial charge on any atom is 0.410 e. The van der Waals surface area contributed by atoms with E-state index in [1.807, 2.05) is 19.9 Å². The van der Waals surface area contributed by atoms with Crippen molar-refractivity contribution in [1.29, 1.82) is 0 Å². The maximum atomic E-state index is 13.7. The van der Waals surface area contributed by atoms with Crippen molar-refractivity contribution in [2.45, 2.75) is 38.5 Å². The minimum absolute atomic E-state index is 0.0972. The molecule has 3 heterocycles. The summed E-state index contributed by atoms with van der Waals surface area (Å²) < 4.78 is 47.1. The molecule has 0 fully saturated rings. The molecule has 2 N–H and O–H groups in total. The van der Waals surface area contributed by atoms with Crippen LogP contribution in [-0.2, 0) is 0 Å². The van der Waals surface area contributed by atoms with E-state index < -0.39 is 24.2 Å². The van der Waals surface area contributed by atoms with Gasteiger partial charge in [0.05, 0.1) is 12.3 Å². The zero-order valence-electron chi connectivity index (χ0n) is 15.7. The van der Waals surface area contributed by atoms with Crippen LogP contribution in [0.2, 0.25) is 0 Å². The number of hydrogen-bond acceptors (Lipinski definition) is 4. The van der Waals surface area contributed by atoms with E-state index in [4.69, 9.17) is 4.42 Å². The van der Waals surface area contributed by atoms with Crippen molar-refractivity contribution in [2.24, 2.45) is 0 Å². The van der Waals surface area contributed by atoms with Gasteiger partial charge >= 0.3 is 6.18 Å². The van der Waals surface area contributed by atoms with E-state index in [-0.39, 0.29) is 17.9 Å². The Balaban J connectivity index is 1.63. The van der Waals surface area contributed by atoms with Crippen LogP contribution in [0.5, 0.6) is 0 Å². The third kappa shape index (κ3) is 3.72. The predicted octanol–water partition coefficient (Wildman–Crippen LogP) is 5.01. The Morgan fingerprint density at radius 2 is 2.03 bits per heavy atom. The number of furan rings is 1. The van der Waals surface area contributed by atoms with Gasteiger partial charge in [-0.1, -0.05) is 6.07 Å². The number of carbonyl (C=O) groups is 1. The molecule has 152 valence electrons. The van der Waals surface area contributed by atoms with Crippen LogP contribution in [-0.4, -0.2) is 21.9 Å². The van der Waals surface area contributed by atoms with Gasteiger partial charge in [-0.25, -0.2) is 4.68 Å². The summed E-state index contributed by atoms with van der Waals surface area (Å²) in [5.74, 6) is -0.0644. The highest BCUT2D eigenvalue weighted by molar-refractivity contribution is 6.03. The molecule has 0 aliphatic carbocycles. The van der Waals surface area contributed by atoms with E-state index in [2.05, 4.69) is 15.7 Å². The third-order valence-corrected chi connectivity index (χ3v) is 5.07. The van der Waals surface area contributed by atoms with Gasteiger partial charge in [0, 0.05) is 18.2 Å².